The maximum Gasteiger partial charge on any atom is 0.221 e. The molecule has 0 spiro atoms. The molecule has 1 fully saturated rings. The Morgan fingerprint density at radius 1 is 1.26 bits per heavy atom. The molecular weight excluding hydrogens is 236 g/mol. The van der Waals surface area contributed by atoms with E-state index in [4.69, 9.17) is 5.73 Å². The van der Waals surface area contributed by atoms with Gasteiger partial charge < -0.3 is 11.1 Å². The molecule has 0 saturated heterocycles. The van der Waals surface area contributed by atoms with Crippen molar-refractivity contribution in [2.24, 2.45) is 11.1 Å². The van der Waals surface area contributed by atoms with Crippen LogP contribution in [0.25, 0.3) is 0 Å². The Bertz CT molecular complexity index is 280. The first-order valence-electron chi connectivity index (χ1n) is 7.92. The van der Waals surface area contributed by atoms with Crippen molar-refractivity contribution in [2.45, 2.75) is 84.1 Å². The molecule has 1 aliphatic rings. The highest BCUT2D eigenvalue weighted by atomic mass is 16.1. The third-order valence-electron chi connectivity index (χ3n) is 4.33. The van der Waals surface area contributed by atoms with Gasteiger partial charge in [0, 0.05) is 18.5 Å². The Hall–Kier alpha value is -0.570. The Morgan fingerprint density at radius 3 is 2.47 bits per heavy atom. The van der Waals surface area contributed by atoms with Gasteiger partial charge in [0.1, 0.15) is 0 Å². The topological polar surface area (TPSA) is 55.1 Å². The minimum Gasteiger partial charge on any atom is -0.356 e. The number of nitrogens with two attached hydrogens (primary N) is 1. The summed E-state index contributed by atoms with van der Waals surface area (Å²) in [7, 11) is 0. The van der Waals surface area contributed by atoms with E-state index in [1.165, 1.54) is 38.5 Å². The van der Waals surface area contributed by atoms with Crippen LogP contribution in [0.3, 0.4) is 0 Å². The van der Waals surface area contributed by atoms with Crippen LogP contribution in [0.5, 0.6) is 0 Å². The fourth-order valence-corrected chi connectivity index (χ4v) is 2.92. The molecule has 0 aromatic rings. The highest BCUT2D eigenvalue weighted by Crippen LogP contribution is 2.30. The first kappa shape index (κ1) is 16.5. The predicted octanol–water partition coefficient (Wildman–Crippen LogP) is 3.37. The monoisotopic (exact) mass is 268 g/mol. The van der Waals surface area contributed by atoms with Crippen molar-refractivity contribution in [3.8, 4) is 0 Å². The Balaban J connectivity index is 2.24. The first-order valence-corrected chi connectivity index (χ1v) is 7.92. The quantitative estimate of drug-likeness (QED) is 0.663. The lowest BCUT2D eigenvalue weighted by atomic mass is 9.86. The summed E-state index contributed by atoms with van der Waals surface area (Å²) in [6.07, 6.45) is 9.80. The van der Waals surface area contributed by atoms with Crippen LogP contribution in [0.4, 0.5) is 0 Å². The molecule has 0 heterocycles. The normalized spacial score (nSPS) is 18.5. The molecular formula is C16H32N2O. The van der Waals surface area contributed by atoms with Crippen molar-refractivity contribution in [3.05, 3.63) is 0 Å². The van der Waals surface area contributed by atoms with Gasteiger partial charge in [-0.15, -0.1) is 0 Å². The van der Waals surface area contributed by atoms with Crippen LogP contribution in [0.2, 0.25) is 0 Å². The smallest absolute Gasteiger partial charge is 0.221 e. The lowest BCUT2D eigenvalue weighted by Gasteiger charge is -2.27. The van der Waals surface area contributed by atoms with Crippen LogP contribution < -0.4 is 11.1 Å². The number of unbranched alkanes of at least 4 members (excludes halogenated alkanes) is 2. The lowest BCUT2D eigenvalue weighted by Crippen LogP contribution is -2.43. The van der Waals surface area contributed by atoms with E-state index in [1.807, 2.05) is 0 Å². The molecule has 0 radical (unpaired) electrons. The molecule has 1 amide bonds. The van der Waals surface area contributed by atoms with E-state index >= 15 is 0 Å². The summed E-state index contributed by atoms with van der Waals surface area (Å²) >= 11 is 0. The highest BCUT2D eigenvalue weighted by molar-refractivity contribution is 5.77. The van der Waals surface area contributed by atoms with E-state index in [0.717, 1.165) is 19.4 Å². The van der Waals surface area contributed by atoms with Crippen molar-refractivity contribution >= 4 is 5.91 Å². The average molecular weight is 268 g/mol. The zero-order valence-electron chi connectivity index (χ0n) is 13.1. The zero-order valence-corrected chi connectivity index (χ0v) is 13.1. The van der Waals surface area contributed by atoms with Crippen LogP contribution in [-0.2, 0) is 4.79 Å². The fraction of sp³-hybridized carbons (Fsp3) is 0.938. The first-order chi connectivity index (χ1) is 8.87. The molecule has 0 aliphatic heterocycles. The van der Waals surface area contributed by atoms with Crippen LogP contribution in [-0.4, -0.2) is 18.0 Å². The summed E-state index contributed by atoms with van der Waals surface area (Å²) in [4.78, 5) is 12.0. The molecule has 112 valence electrons. The van der Waals surface area contributed by atoms with Crippen molar-refractivity contribution in [1.82, 2.24) is 5.32 Å². The van der Waals surface area contributed by atoms with Crippen molar-refractivity contribution in [2.75, 3.05) is 6.54 Å². The van der Waals surface area contributed by atoms with Gasteiger partial charge in [0.2, 0.25) is 5.91 Å². The van der Waals surface area contributed by atoms with Gasteiger partial charge in [-0.05, 0) is 24.7 Å². The number of hydrogen-bond donors (Lipinski definition) is 2. The summed E-state index contributed by atoms with van der Waals surface area (Å²) in [5, 5.41) is 3.08. The van der Waals surface area contributed by atoms with E-state index in [-0.39, 0.29) is 16.9 Å². The summed E-state index contributed by atoms with van der Waals surface area (Å²) in [5.74, 6) is 0.132. The Labute approximate surface area is 118 Å². The van der Waals surface area contributed by atoms with Crippen molar-refractivity contribution in [1.29, 1.82) is 0 Å². The Kier molecular flexibility index (Phi) is 6.31. The average Bonchev–Trinajstić information content (AvgIpc) is 2.73. The number of amides is 1. The number of carbonyl (C=O) groups is 1. The SMILES string of the molecule is CCCCCC(C)(C)CNC(=O)CC1(N)CCCC1. The van der Waals surface area contributed by atoms with Crippen LogP contribution >= 0.6 is 0 Å². The number of nitrogens with one attached hydrogen (secondary N) is 1. The number of hydrogen-bond acceptors (Lipinski definition) is 2. The predicted molar refractivity (Wildman–Crippen MR) is 80.9 cm³/mol. The molecule has 19 heavy (non-hydrogen) atoms. The van der Waals surface area contributed by atoms with Crippen LogP contribution in [0.15, 0.2) is 0 Å². The molecule has 0 aromatic heterocycles. The number of rotatable bonds is 8. The van der Waals surface area contributed by atoms with E-state index in [0.29, 0.717) is 6.42 Å². The van der Waals surface area contributed by atoms with Crippen LogP contribution in [0, 0.1) is 5.41 Å². The van der Waals surface area contributed by atoms with E-state index < -0.39 is 0 Å². The largest absolute Gasteiger partial charge is 0.356 e. The van der Waals surface area contributed by atoms with Gasteiger partial charge in [0.05, 0.1) is 0 Å². The summed E-state index contributed by atoms with van der Waals surface area (Å²) in [5.41, 5.74) is 6.21. The second kappa shape index (κ2) is 7.28. The summed E-state index contributed by atoms with van der Waals surface area (Å²) < 4.78 is 0. The van der Waals surface area contributed by atoms with Gasteiger partial charge in [0.15, 0.2) is 0 Å². The third-order valence-corrected chi connectivity index (χ3v) is 4.33. The maximum absolute atomic E-state index is 12.0. The molecule has 0 bridgehead atoms. The van der Waals surface area contributed by atoms with Gasteiger partial charge in [-0.2, -0.15) is 0 Å². The van der Waals surface area contributed by atoms with Gasteiger partial charge in [-0.25, -0.2) is 0 Å². The standard InChI is InChI=1S/C16H32N2O/c1-4-5-6-9-15(2,3)13-18-14(19)12-16(17)10-7-8-11-16/h4-13,17H2,1-3H3,(H,18,19). The Morgan fingerprint density at radius 2 is 1.89 bits per heavy atom. The van der Waals surface area contributed by atoms with E-state index in [2.05, 4.69) is 26.1 Å². The molecule has 0 aromatic carbocycles. The number of carbonyl (C=O) groups excluding carboxylic acids is 1. The molecule has 0 atom stereocenters. The fourth-order valence-electron chi connectivity index (χ4n) is 2.92. The van der Waals surface area contributed by atoms with Crippen molar-refractivity contribution in [3.63, 3.8) is 0 Å². The van der Waals surface area contributed by atoms with E-state index in [1.54, 1.807) is 0 Å². The van der Waals surface area contributed by atoms with Gasteiger partial charge in [-0.3, -0.25) is 4.79 Å². The highest BCUT2D eigenvalue weighted by Gasteiger charge is 2.32. The summed E-state index contributed by atoms with van der Waals surface area (Å²) in [6, 6.07) is 0. The maximum atomic E-state index is 12.0. The van der Waals surface area contributed by atoms with E-state index in [9.17, 15) is 4.79 Å². The molecule has 3 nitrogen and oxygen atoms in total. The van der Waals surface area contributed by atoms with Gasteiger partial charge >= 0.3 is 0 Å². The summed E-state index contributed by atoms with van der Waals surface area (Å²) in [6.45, 7) is 7.45. The third kappa shape index (κ3) is 6.42. The minimum absolute atomic E-state index is 0.132. The molecule has 3 N–H and O–H groups in total. The van der Waals surface area contributed by atoms with Gasteiger partial charge in [-0.1, -0.05) is 52.9 Å². The second-order valence-electron chi connectivity index (χ2n) is 7.14. The second-order valence-corrected chi connectivity index (χ2v) is 7.14. The molecule has 3 heteroatoms. The molecule has 1 rings (SSSR count). The minimum atomic E-state index is -0.226. The van der Waals surface area contributed by atoms with Gasteiger partial charge in [0.25, 0.3) is 0 Å². The van der Waals surface area contributed by atoms with Crippen molar-refractivity contribution < 1.29 is 4.79 Å². The molecule has 0 unspecified atom stereocenters. The molecule has 1 saturated carbocycles. The zero-order chi connectivity index (χ0) is 14.4. The molecule has 1 aliphatic carbocycles. The lowest BCUT2D eigenvalue weighted by molar-refractivity contribution is -0.122. The van der Waals surface area contributed by atoms with Crippen LogP contribution in [0.1, 0.15) is 78.6 Å².